The van der Waals surface area contributed by atoms with Crippen LogP contribution in [0.5, 0.6) is 0 Å². The molecule has 1 saturated heterocycles. The Balaban J connectivity index is 1.99. The van der Waals surface area contributed by atoms with E-state index in [9.17, 15) is 4.79 Å². The van der Waals surface area contributed by atoms with Crippen LogP contribution >= 0.6 is 0 Å². The molecule has 1 unspecified atom stereocenters. The second-order valence-electron chi connectivity index (χ2n) is 6.18. The number of ether oxygens (including phenoxy) is 1. The molecule has 1 atom stereocenters. The molecule has 2 rings (SSSR count). The van der Waals surface area contributed by atoms with Crippen molar-refractivity contribution in [3.05, 3.63) is 18.0 Å². The number of piperidine rings is 1. The van der Waals surface area contributed by atoms with Gasteiger partial charge < -0.3 is 9.64 Å². The number of rotatable bonds is 1. The molecule has 0 aromatic carbocycles. The summed E-state index contributed by atoms with van der Waals surface area (Å²) < 4.78 is 7.24. The zero-order valence-corrected chi connectivity index (χ0v) is 12.2. The summed E-state index contributed by atoms with van der Waals surface area (Å²) in [7, 11) is 1.91. The van der Waals surface area contributed by atoms with Crippen molar-refractivity contribution < 1.29 is 9.53 Å². The molecule has 1 aliphatic rings. The fourth-order valence-corrected chi connectivity index (χ4v) is 2.36. The van der Waals surface area contributed by atoms with E-state index >= 15 is 0 Å². The van der Waals surface area contributed by atoms with Gasteiger partial charge in [-0.05, 0) is 39.7 Å². The number of hydrogen-bond donors (Lipinski definition) is 0. The van der Waals surface area contributed by atoms with Gasteiger partial charge in [0.2, 0.25) is 0 Å². The van der Waals surface area contributed by atoms with Gasteiger partial charge in [0.15, 0.2) is 0 Å². The van der Waals surface area contributed by atoms with Gasteiger partial charge in [0.1, 0.15) is 5.60 Å². The first kappa shape index (κ1) is 13.9. The zero-order chi connectivity index (χ0) is 14.0. The second kappa shape index (κ2) is 5.23. The van der Waals surface area contributed by atoms with E-state index in [0.29, 0.717) is 12.5 Å². The molecule has 5 nitrogen and oxygen atoms in total. The van der Waals surface area contributed by atoms with Crippen LogP contribution in [0.3, 0.4) is 0 Å². The molecule has 1 amide bonds. The molecule has 0 saturated carbocycles. The first-order valence-corrected chi connectivity index (χ1v) is 6.82. The van der Waals surface area contributed by atoms with E-state index in [1.54, 1.807) is 4.90 Å². The number of carbonyl (C=O) groups excluding carboxylic acids is 1. The summed E-state index contributed by atoms with van der Waals surface area (Å²) in [6, 6.07) is 2.03. The van der Waals surface area contributed by atoms with Crippen molar-refractivity contribution in [1.82, 2.24) is 14.7 Å². The second-order valence-corrected chi connectivity index (χ2v) is 6.18. The fraction of sp³-hybridized carbons (Fsp3) is 0.714. The molecular formula is C14H23N3O2. The first-order chi connectivity index (χ1) is 8.85. The van der Waals surface area contributed by atoms with Gasteiger partial charge in [0, 0.05) is 32.3 Å². The van der Waals surface area contributed by atoms with Gasteiger partial charge in [0.25, 0.3) is 0 Å². The number of amides is 1. The number of nitrogens with zero attached hydrogens (tertiary/aromatic N) is 3. The Hall–Kier alpha value is -1.52. The molecule has 0 bridgehead atoms. The monoisotopic (exact) mass is 265 g/mol. The first-order valence-electron chi connectivity index (χ1n) is 6.82. The maximum atomic E-state index is 12.1. The van der Waals surface area contributed by atoms with Gasteiger partial charge in [-0.15, -0.1) is 0 Å². The summed E-state index contributed by atoms with van der Waals surface area (Å²) in [5.74, 6) is 0.322. The minimum absolute atomic E-state index is 0.215. The average molecular weight is 265 g/mol. The Morgan fingerprint density at radius 3 is 2.79 bits per heavy atom. The fourth-order valence-electron chi connectivity index (χ4n) is 2.36. The largest absolute Gasteiger partial charge is 0.444 e. The van der Waals surface area contributed by atoms with Crippen LogP contribution in [0.1, 0.15) is 45.2 Å². The van der Waals surface area contributed by atoms with Crippen molar-refractivity contribution in [3.63, 3.8) is 0 Å². The molecule has 0 N–H and O–H groups in total. The lowest BCUT2D eigenvalue weighted by atomic mass is 9.95. The lowest BCUT2D eigenvalue weighted by Gasteiger charge is -2.33. The summed E-state index contributed by atoms with van der Waals surface area (Å²) in [5.41, 5.74) is 0.630. The van der Waals surface area contributed by atoms with Crippen LogP contribution in [-0.2, 0) is 11.8 Å². The maximum absolute atomic E-state index is 12.1. The Bertz CT molecular complexity index is 448. The topological polar surface area (TPSA) is 47.4 Å². The lowest BCUT2D eigenvalue weighted by molar-refractivity contribution is 0.0197. The van der Waals surface area contributed by atoms with E-state index in [1.807, 2.05) is 44.8 Å². The molecule has 0 radical (unpaired) electrons. The third-order valence-electron chi connectivity index (χ3n) is 3.23. The van der Waals surface area contributed by atoms with Crippen LogP contribution in [0.25, 0.3) is 0 Å². The molecule has 106 valence electrons. The molecule has 5 heteroatoms. The highest BCUT2D eigenvalue weighted by Crippen LogP contribution is 2.26. The molecule has 19 heavy (non-hydrogen) atoms. The average Bonchev–Trinajstić information content (AvgIpc) is 2.74. The highest BCUT2D eigenvalue weighted by atomic mass is 16.6. The molecule has 1 aromatic rings. The van der Waals surface area contributed by atoms with Crippen LogP contribution in [0, 0.1) is 0 Å². The van der Waals surface area contributed by atoms with E-state index in [1.165, 1.54) is 0 Å². The van der Waals surface area contributed by atoms with Gasteiger partial charge in [-0.25, -0.2) is 4.79 Å². The SMILES string of the molecule is Cn1ccc(C2CCCN(C(=O)OC(C)(C)C)C2)n1. The Labute approximate surface area is 114 Å². The predicted octanol–water partition coefficient (Wildman–Crippen LogP) is 2.53. The molecular weight excluding hydrogens is 242 g/mol. The quantitative estimate of drug-likeness (QED) is 0.784. The smallest absolute Gasteiger partial charge is 0.410 e. The standard InChI is InChI=1S/C14H23N3O2/c1-14(2,3)19-13(18)17-8-5-6-11(10-17)12-7-9-16(4)15-12/h7,9,11H,5-6,8,10H2,1-4H3. The molecule has 0 spiro atoms. The van der Waals surface area contributed by atoms with E-state index < -0.39 is 5.60 Å². The number of hydrogen-bond acceptors (Lipinski definition) is 3. The van der Waals surface area contributed by atoms with Gasteiger partial charge in [0.05, 0.1) is 5.69 Å². The Morgan fingerprint density at radius 1 is 1.47 bits per heavy atom. The van der Waals surface area contributed by atoms with Crippen LogP contribution in [0.2, 0.25) is 0 Å². The molecule has 0 aliphatic carbocycles. The Kier molecular flexibility index (Phi) is 3.83. The van der Waals surface area contributed by atoms with E-state index in [4.69, 9.17) is 4.74 Å². The van der Waals surface area contributed by atoms with Crippen LogP contribution < -0.4 is 0 Å². The Morgan fingerprint density at radius 2 is 2.21 bits per heavy atom. The molecule has 2 heterocycles. The van der Waals surface area contributed by atoms with Crippen molar-refractivity contribution in [1.29, 1.82) is 0 Å². The van der Waals surface area contributed by atoms with Crippen LogP contribution in [0.15, 0.2) is 12.3 Å². The number of aromatic nitrogens is 2. The third-order valence-corrected chi connectivity index (χ3v) is 3.23. The highest BCUT2D eigenvalue weighted by molar-refractivity contribution is 5.68. The van der Waals surface area contributed by atoms with Crippen molar-refractivity contribution in [3.8, 4) is 0 Å². The summed E-state index contributed by atoms with van der Waals surface area (Å²) in [5, 5.41) is 4.44. The summed E-state index contributed by atoms with van der Waals surface area (Å²) >= 11 is 0. The van der Waals surface area contributed by atoms with Crippen molar-refractivity contribution in [2.45, 2.75) is 45.1 Å². The maximum Gasteiger partial charge on any atom is 0.410 e. The number of aryl methyl sites for hydroxylation is 1. The van der Waals surface area contributed by atoms with Gasteiger partial charge >= 0.3 is 6.09 Å². The highest BCUT2D eigenvalue weighted by Gasteiger charge is 2.29. The van der Waals surface area contributed by atoms with Gasteiger partial charge in [-0.3, -0.25) is 4.68 Å². The van der Waals surface area contributed by atoms with E-state index in [2.05, 4.69) is 5.10 Å². The lowest BCUT2D eigenvalue weighted by Crippen LogP contribution is -2.42. The van der Waals surface area contributed by atoms with Gasteiger partial charge in [-0.2, -0.15) is 5.10 Å². The third kappa shape index (κ3) is 3.72. The van der Waals surface area contributed by atoms with Crippen molar-refractivity contribution in [2.24, 2.45) is 7.05 Å². The normalized spacial score (nSPS) is 20.4. The molecule has 1 aromatic heterocycles. The summed E-state index contributed by atoms with van der Waals surface area (Å²) in [6.45, 7) is 7.16. The van der Waals surface area contributed by atoms with E-state index in [0.717, 1.165) is 25.1 Å². The van der Waals surface area contributed by atoms with Crippen LogP contribution in [0.4, 0.5) is 4.79 Å². The minimum Gasteiger partial charge on any atom is -0.444 e. The van der Waals surface area contributed by atoms with Gasteiger partial charge in [-0.1, -0.05) is 0 Å². The van der Waals surface area contributed by atoms with Crippen molar-refractivity contribution >= 4 is 6.09 Å². The molecule has 1 aliphatic heterocycles. The summed E-state index contributed by atoms with van der Waals surface area (Å²) in [4.78, 5) is 13.9. The summed E-state index contributed by atoms with van der Waals surface area (Å²) in [6.07, 6.45) is 3.81. The van der Waals surface area contributed by atoms with E-state index in [-0.39, 0.29) is 6.09 Å². The molecule has 1 fully saturated rings. The number of likely N-dealkylation sites (tertiary alicyclic amines) is 1. The predicted molar refractivity (Wildman–Crippen MR) is 73.0 cm³/mol. The van der Waals surface area contributed by atoms with Crippen LogP contribution in [-0.4, -0.2) is 39.5 Å². The zero-order valence-electron chi connectivity index (χ0n) is 12.2. The number of carbonyl (C=O) groups is 1. The van der Waals surface area contributed by atoms with Crippen molar-refractivity contribution in [2.75, 3.05) is 13.1 Å². The minimum atomic E-state index is -0.435.